The maximum atomic E-state index is 11.9. The van der Waals surface area contributed by atoms with Crippen LogP contribution in [0.25, 0.3) is 0 Å². The first-order valence-corrected chi connectivity index (χ1v) is 14.7. The third-order valence-corrected chi connectivity index (χ3v) is 7.74. The molecule has 0 aromatic heterocycles. The van der Waals surface area contributed by atoms with Crippen molar-refractivity contribution >= 4 is 41.4 Å². The molecule has 0 aliphatic carbocycles. The van der Waals surface area contributed by atoms with Crippen LogP contribution in [0, 0.1) is 23.7 Å². The minimum Gasteiger partial charge on any atom is -0.362 e. The van der Waals surface area contributed by atoms with Crippen LogP contribution in [-0.4, -0.2) is 71.4 Å². The smallest absolute Gasteiger partial charge is 0.233 e. The lowest BCUT2D eigenvalue weighted by molar-refractivity contribution is -0.130. The first-order valence-electron chi connectivity index (χ1n) is 13.7. The molecule has 1 aliphatic rings. The molecule has 1 aromatic carbocycles. The zero-order chi connectivity index (χ0) is 30.2. The summed E-state index contributed by atoms with van der Waals surface area (Å²) < 4.78 is 0. The van der Waals surface area contributed by atoms with Gasteiger partial charge in [0.2, 0.25) is 18.2 Å². The van der Waals surface area contributed by atoms with E-state index in [9.17, 15) is 14.4 Å². The predicted molar refractivity (Wildman–Crippen MR) is 167 cm³/mol. The highest BCUT2D eigenvalue weighted by Crippen LogP contribution is 2.42. The van der Waals surface area contributed by atoms with Gasteiger partial charge in [-0.3, -0.25) is 14.4 Å². The summed E-state index contributed by atoms with van der Waals surface area (Å²) in [5, 5.41) is 16.8. The quantitative estimate of drug-likeness (QED) is 0.159. The van der Waals surface area contributed by atoms with E-state index < -0.39 is 0 Å². The van der Waals surface area contributed by atoms with Gasteiger partial charge in [0.25, 0.3) is 0 Å². The summed E-state index contributed by atoms with van der Waals surface area (Å²) >= 11 is 1.70. The SMILES string of the molecule is C#CCNC=O.C=CNc1cccc(NC(=O)CCN(CC)CCC)c1.CCN1C(=O)CSC1(CC)CCC#N. The maximum absolute atomic E-state index is 11.9. The lowest BCUT2D eigenvalue weighted by atomic mass is 10.1. The van der Waals surface area contributed by atoms with Gasteiger partial charge in [-0.15, -0.1) is 18.2 Å². The fourth-order valence-corrected chi connectivity index (χ4v) is 5.49. The van der Waals surface area contributed by atoms with Crippen LogP contribution in [0.4, 0.5) is 11.4 Å². The van der Waals surface area contributed by atoms with Gasteiger partial charge in [0.1, 0.15) is 0 Å². The van der Waals surface area contributed by atoms with Crippen molar-refractivity contribution in [3.8, 4) is 18.4 Å². The summed E-state index contributed by atoms with van der Waals surface area (Å²) in [6.07, 6.45) is 10.8. The third kappa shape index (κ3) is 14.1. The number of terminal acetylenes is 1. The molecular weight excluding hydrogens is 524 g/mol. The number of hydrogen-bond acceptors (Lipinski definition) is 7. The van der Waals surface area contributed by atoms with Crippen molar-refractivity contribution in [2.45, 2.75) is 64.7 Å². The summed E-state index contributed by atoms with van der Waals surface area (Å²) in [6, 6.07) is 9.77. The molecule has 0 radical (unpaired) electrons. The van der Waals surface area contributed by atoms with Gasteiger partial charge in [0.05, 0.1) is 23.2 Å². The third-order valence-electron chi connectivity index (χ3n) is 6.10. The van der Waals surface area contributed by atoms with Crippen molar-refractivity contribution in [2.24, 2.45) is 0 Å². The van der Waals surface area contributed by atoms with E-state index in [0.717, 1.165) is 56.8 Å². The van der Waals surface area contributed by atoms with E-state index >= 15 is 0 Å². The number of benzene rings is 1. The molecule has 10 heteroatoms. The number of thioether (sulfide) groups is 1. The van der Waals surface area contributed by atoms with E-state index in [-0.39, 0.29) is 16.7 Å². The molecule has 40 heavy (non-hydrogen) atoms. The first kappa shape index (κ1) is 36.5. The molecule has 1 heterocycles. The molecule has 220 valence electrons. The minimum absolute atomic E-state index is 0.0512. The normalized spacial score (nSPS) is 15.4. The molecule has 1 saturated heterocycles. The predicted octanol–water partition coefficient (Wildman–Crippen LogP) is 4.66. The second-order valence-corrected chi connectivity index (χ2v) is 10.1. The van der Waals surface area contributed by atoms with Gasteiger partial charge in [-0.05, 0) is 63.7 Å². The summed E-state index contributed by atoms with van der Waals surface area (Å²) in [6.45, 7) is 15.9. The number of carbonyl (C=O) groups excluding carboxylic acids is 3. The van der Waals surface area contributed by atoms with Crippen molar-refractivity contribution in [2.75, 3.05) is 49.1 Å². The van der Waals surface area contributed by atoms with E-state index in [1.807, 2.05) is 36.1 Å². The minimum atomic E-state index is -0.0957. The van der Waals surface area contributed by atoms with Gasteiger partial charge < -0.3 is 25.8 Å². The van der Waals surface area contributed by atoms with Crippen LogP contribution in [0.5, 0.6) is 0 Å². The molecule has 2 rings (SSSR count). The van der Waals surface area contributed by atoms with Crippen molar-refractivity contribution in [3.05, 3.63) is 37.0 Å². The van der Waals surface area contributed by atoms with Gasteiger partial charge in [0.15, 0.2) is 0 Å². The lowest BCUT2D eigenvalue weighted by Crippen LogP contribution is -2.43. The van der Waals surface area contributed by atoms with Crippen molar-refractivity contribution in [1.82, 2.24) is 15.1 Å². The Morgan fingerprint density at radius 3 is 2.52 bits per heavy atom. The van der Waals surface area contributed by atoms with E-state index in [4.69, 9.17) is 11.7 Å². The van der Waals surface area contributed by atoms with Crippen LogP contribution in [0.3, 0.4) is 0 Å². The Labute approximate surface area is 245 Å². The fourth-order valence-electron chi connectivity index (χ4n) is 4.10. The van der Waals surface area contributed by atoms with E-state index in [0.29, 0.717) is 31.5 Å². The van der Waals surface area contributed by atoms with E-state index in [1.54, 1.807) is 18.0 Å². The number of amides is 3. The Kier molecular flexibility index (Phi) is 20.4. The van der Waals surface area contributed by atoms with Gasteiger partial charge in [0, 0.05) is 37.3 Å². The summed E-state index contributed by atoms with van der Waals surface area (Å²) in [5.74, 6) is 3.07. The topological polar surface area (TPSA) is 118 Å². The molecule has 1 fully saturated rings. The monoisotopic (exact) mass is 570 g/mol. The molecule has 1 aromatic rings. The summed E-state index contributed by atoms with van der Waals surface area (Å²) in [7, 11) is 0. The molecule has 3 amide bonds. The second-order valence-electron chi connectivity index (χ2n) is 8.75. The first-order chi connectivity index (χ1) is 19.3. The van der Waals surface area contributed by atoms with E-state index in [1.165, 1.54) is 0 Å². The molecule has 1 unspecified atom stereocenters. The Bertz CT molecular complexity index is 990. The average Bonchev–Trinajstić information content (AvgIpc) is 3.29. The van der Waals surface area contributed by atoms with Crippen LogP contribution in [0.15, 0.2) is 37.0 Å². The van der Waals surface area contributed by atoms with Crippen LogP contribution < -0.4 is 16.0 Å². The van der Waals surface area contributed by atoms with Gasteiger partial charge >= 0.3 is 0 Å². The molecule has 0 saturated carbocycles. The number of nitrogens with one attached hydrogen (secondary N) is 3. The molecule has 0 spiro atoms. The molecule has 1 aliphatic heterocycles. The van der Waals surface area contributed by atoms with Crippen LogP contribution in [-0.2, 0) is 14.4 Å². The van der Waals surface area contributed by atoms with Crippen LogP contribution in [0.2, 0.25) is 0 Å². The number of nitriles is 1. The largest absolute Gasteiger partial charge is 0.362 e. The highest BCUT2D eigenvalue weighted by molar-refractivity contribution is 8.01. The Hall–Kier alpha value is -3.47. The number of hydrogen-bond donors (Lipinski definition) is 3. The molecule has 0 bridgehead atoms. The average molecular weight is 571 g/mol. The number of anilines is 2. The van der Waals surface area contributed by atoms with Gasteiger partial charge in [-0.1, -0.05) is 39.3 Å². The van der Waals surface area contributed by atoms with Crippen molar-refractivity contribution in [3.63, 3.8) is 0 Å². The van der Waals surface area contributed by atoms with Crippen LogP contribution in [0.1, 0.15) is 59.8 Å². The summed E-state index contributed by atoms with van der Waals surface area (Å²) in [5.41, 5.74) is 1.72. The van der Waals surface area contributed by atoms with E-state index in [2.05, 4.69) is 60.2 Å². The van der Waals surface area contributed by atoms with Crippen LogP contribution >= 0.6 is 11.8 Å². The zero-order valence-corrected chi connectivity index (χ0v) is 25.3. The Balaban J connectivity index is 0.000000657. The van der Waals surface area contributed by atoms with Gasteiger partial charge in [-0.2, -0.15) is 5.26 Å². The van der Waals surface area contributed by atoms with Gasteiger partial charge in [-0.25, -0.2) is 0 Å². The molecule has 1 atom stereocenters. The Morgan fingerprint density at radius 2 is 2.00 bits per heavy atom. The number of carbonyl (C=O) groups is 3. The Morgan fingerprint density at radius 1 is 1.27 bits per heavy atom. The maximum Gasteiger partial charge on any atom is 0.233 e. The number of nitrogens with zero attached hydrogens (tertiary/aromatic N) is 3. The van der Waals surface area contributed by atoms with Crippen molar-refractivity contribution in [1.29, 1.82) is 5.26 Å². The molecular formula is C30H46N6O3S. The summed E-state index contributed by atoms with van der Waals surface area (Å²) in [4.78, 5) is 37.0. The highest BCUT2D eigenvalue weighted by atomic mass is 32.2. The standard InChI is InChI=1S/C16H25N3O.C10H16N2OS.C4H5NO/c1-4-11-19(6-3)12-10-16(20)18-15-9-7-8-14(13-15)17-5-2;1-3-10(6-5-7-11)12(4-2)9(13)8-14-10;1-2-3-5-4-6/h5,7-9,13,17H,2,4,6,10-12H2,1,3H3,(H,18,20);3-6,8H2,1-2H3;1,4H,3H2,(H,5,6). The zero-order valence-electron chi connectivity index (χ0n) is 24.5. The lowest BCUT2D eigenvalue weighted by Gasteiger charge is -2.35. The second kappa shape index (κ2) is 22.4. The van der Waals surface area contributed by atoms with Crippen molar-refractivity contribution < 1.29 is 14.4 Å². The highest BCUT2D eigenvalue weighted by Gasteiger charge is 2.43. The molecule has 3 N–H and O–H groups in total. The molecule has 9 nitrogen and oxygen atoms in total. The fraction of sp³-hybridized carbons (Fsp3) is 0.533. The number of rotatable bonds is 15.